The summed E-state index contributed by atoms with van der Waals surface area (Å²) in [4.78, 5) is 23.2. The Balaban J connectivity index is 3.15. The molecular weight excluding hydrogens is 317 g/mol. The zero-order chi connectivity index (χ0) is 18.3. The van der Waals surface area contributed by atoms with Crippen molar-refractivity contribution in [2.75, 3.05) is 26.1 Å². The second kappa shape index (κ2) is 8.33. The van der Waals surface area contributed by atoms with Gasteiger partial charge in [-0.25, -0.2) is 14.0 Å². The molecule has 0 spiro atoms. The number of halogens is 1. The zero-order valence-corrected chi connectivity index (χ0v) is 14.4. The average molecular weight is 339 g/mol. The lowest BCUT2D eigenvalue weighted by Gasteiger charge is -2.21. The van der Waals surface area contributed by atoms with E-state index in [4.69, 9.17) is 4.74 Å². The first-order valence-corrected chi connectivity index (χ1v) is 7.24. The van der Waals surface area contributed by atoms with Crippen LogP contribution in [0.15, 0.2) is 30.0 Å². The van der Waals surface area contributed by atoms with Crippen LogP contribution in [0, 0.1) is 11.2 Å². The lowest BCUT2D eigenvalue weighted by molar-refractivity contribution is -0.138. The van der Waals surface area contributed by atoms with Crippen LogP contribution in [0.1, 0.15) is 20.8 Å². The summed E-state index contributed by atoms with van der Waals surface area (Å²) in [5.41, 5.74) is -0.192. The molecule has 0 aliphatic heterocycles. The largest absolute Gasteiger partial charge is 0.488 e. The predicted octanol–water partition coefficient (Wildman–Crippen LogP) is 2.89. The highest BCUT2D eigenvalue weighted by molar-refractivity contribution is 5.99. The summed E-state index contributed by atoms with van der Waals surface area (Å²) in [7, 11) is 2.34. The molecule has 0 saturated carbocycles. The molecule has 0 radical (unpaired) electrons. The van der Waals surface area contributed by atoms with Gasteiger partial charge in [-0.05, 0) is 17.5 Å². The number of ether oxygens (including phenoxy) is 3. The first-order valence-electron chi connectivity index (χ1n) is 7.24. The Labute approximate surface area is 140 Å². The Morgan fingerprint density at radius 3 is 2.42 bits per heavy atom. The fourth-order valence-corrected chi connectivity index (χ4v) is 1.62. The molecule has 0 aliphatic carbocycles. The van der Waals surface area contributed by atoms with E-state index in [1.165, 1.54) is 25.3 Å². The van der Waals surface area contributed by atoms with Gasteiger partial charge in [0.05, 0.1) is 32.6 Å². The quantitative estimate of drug-likeness (QED) is 0.634. The van der Waals surface area contributed by atoms with Gasteiger partial charge in [0.2, 0.25) is 0 Å². The molecule has 1 aromatic carbocycles. The summed E-state index contributed by atoms with van der Waals surface area (Å²) in [6.45, 7) is 6.09. The molecule has 1 rings (SSSR count). The molecule has 132 valence electrons. The number of hydrogen-bond donors (Lipinski definition) is 1. The van der Waals surface area contributed by atoms with Crippen molar-refractivity contribution in [3.63, 3.8) is 0 Å². The standard InChI is InChI=1S/C17H22FNO5/c1-17(2,3)10-24-15-11(18)7-6-8-12(15)19-13(16(21)23-5)9-14(20)22-4/h6-9,19H,10H2,1-5H3/b13-9+. The minimum Gasteiger partial charge on any atom is -0.488 e. The molecule has 0 unspecified atom stereocenters. The molecular formula is C17H22FNO5. The molecule has 0 amide bonds. The number of carbonyl (C=O) groups excluding carboxylic acids is 2. The monoisotopic (exact) mass is 339 g/mol. The van der Waals surface area contributed by atoms with E-state index in [1.54, 1.807) is 0 Å². The second-order valence-electron chi connectivity index (χ2n) is 6.16. The summed E-state index contributed by atoms with van der Waals surface area (Å²) in [5.74, 6) is -2.19. The molecule has 0 saturated heterocycles. The van der Waals surface area contributed by atoms with E-state index in [2.05, 4.69) is 14.8 Å². The highest BCUT2D eigenvalue weighted by atomic mass is 19.1. The number of carbonyl (C=O) groups is 2. The maximum absolute atomic E-state index is 14.1. The fourth-order valence-electron chi connectivity index (χ4n) is 1.62. The number of anilines is 1. The van der Waals surface area contributed by atoms with Crippen LogP contribution in [0.2, 0.25) is 0 Å². The summed E-state index contributed by atoms with van der Waals surface area (Å²) in [6.07, 6.45) is 0.921. The number of para-hydroxylation sites is 1. The maximum atomic E-state index is 14.1. The first-order chi connectivity index (χ1) is 11.2. The highest BCUT2D eigenvalue weighted by Crippen LogP contribution is 2.30. The molecule has 0 bridgehead atoms. The number of benzene rings is 1. The van der Waals surface area contributed by atoms with Gasteiger partial charge in [-0.15, -0.1) is 0 Å². The Morgan fingerprint density at radius 1 is 1.21 bits per heavy atom. The van der Waals surface area contributed by atoms with Gasteiger partial charge in [0.15, 0.2) is 11.6 Å². The molecule has 0 heterocycles. The van der Waals surface area contributed by atoms with Crippen LogP contribution in [0.3, 0.4) is 0 Å². The van der Waals surface area contributed by atoms with Crippen molar-refractivity contribution in [3.8, 4) is 5.75 Å². The van der Waals surface area contributed by atoms with E-state index < -0.39 is 17.8 Å². The van der Waals surface area contributed by atoms with E-state index in [-0.39, 0.29) is 29.2 Å². The van der Waals surface area contributed by atoms with Crippen LogP contribution < -0.4 is 10.1 Å². The van der Waals surface area contributed by atoms with E-state index in [0.29, 0.717) is 0 Å². The summed E-state index contributed by atoms with van der Waals surface area (Å²) in [5, 5.41) is 2.66. The number of esters is 2. The van der Waals surface area contributed by atoms with Gasteiger partial charge in [0.25, 0.3) is 0 Å². The summed E-state index contributed by atoms with van der Waals surface area (Å²) in [6, 6.07) is 4.22. The van der Waals surface area contributed by atoms with Crippen molar-refractivity contribution in [1.82, 2.24) is 0 Å². The summed E-state index contributed by atoms with van der Waals surface area (Å²) < 4.78 is 28.7. The van der Waals surface area contributed by atoms with Gasteiger partial charge >= 0.3 is 11.9 Å². The second-order valence-corrected chi connectivity index (χ2v) is 6.16. The topological polar surface area (TPSA) is 73.9 Å². The van der Waals surface area contributed by atoms with Crippen LogP contribution in [0.5, 0.6) is 5.75 Å². The number of methoxy groups -OCH3 is 2. The van der Waals surface area contributed by atoms with Crippen LogP contribution in [-0.4, -0.2) is 32.8 Å². The molecule has 1 aromatic rings. The minimum absolute atomic E-state index is 0.0490. The molecule has 24 heavy (non-hydrogen) atoms. The number of hydrogen-bond acceptors (Lipinski definition) is 6. The average Bonchev–Trinajstić information content (AvgIpc) is 2.51. The van der Waals surface area contributed by atoms with Gasteiger partial charge in [0.1, 0.15) is 5.70 Å². The maximum Gasteiger partial charge on any atom is 0.354 e. The highest BCUT2D eigenvalue weighted by Gasteiger charge is 2.19. The van der Waals surface area contributed by atoms with E-state index >= 15 is 0 Å². The lowest BCUT2D eigenvalue weighted by atomic mass is 9.99. The van der Waals surface area contributed by atoms with Gasteiger partial charge in [-0.2, -0.15) is 0 Å². The fraction of sp³-hybridized carbons (Fsp3) is 0.412. The summed E-state index contributed by atoms with van der Waals surface area (Å²) >= 11 is 0. The molecule has 6 nitrogen and oxygen atoms in total. The Kier molecular flexibility index (Phi) is 6.76. The molecule has 0 aromatic heterocycles. The van der Waals surface area contributed by atoms with Crippen LogP contribution in [0.4, 0.5) is 10.1 Å². The van der Waals surface area contributed by atoms with E-state index in [9.17, 15) is 14.0 Å². The van der Waals surface area contributed by atoms with Crippen LogP contribution in [0.25, 0.3) is 0 Å². The predicted molar refractivity (Wildman–Crippen MR) is 87.1 cm³/mol. The molecule has 0 aliphatic rings. The first kappa shape index (κ1) is 19.5. The van der Waals surface area contributed by atoms with Crippen LogP contribution >= 0.6 is 0 Å². The van der Waals surface area contributed by atoms with Gasteiger partial charge in [0, 0.05) is 0 Å². The third-order valence-electron chi connectivity index (χ3n) is 2.75. The third kappa shape index (κ3) is 5.91. The zero-order valence-electron chi connectivity index (χ0n) is 14.4. The molecule has 0 fully saturated rings. The van der Waals surface area contributed by atoms with E-state index in [0.717, 1.165) is 13.2 Å². The van der Waals surface area contributed by atoms with Crippen molar-refractivity contribution in [1.29, 1.82) is 0 Å². The minimum atomic E-state index is -0.800. The smallest absolute Gasteiger partial charge is 0.354 e. The molecule has 7 heteroatoms. The van der Waals surface area contributed by atoms with Gasteiger partial charge in [-0.1, -0.05) is 26.8 Å². The van der Waals surface area contributed by atoms with Crippen LogP contribution in [-0.2, 0) is 19.1 Å². The lowest BCUT2D eigenvalue weighted by Crippen LogP contribution is -2.19. The Hall–Kier alpha value is -2.57. The SMILES string of the molecule is COC(=O)/C=C(/Nc1cccc(F)c1OCC(C)(C)C)C(=O)OC. The van der Waals surface area contributed by atoms with E-state index in [1.807, 2.05) is 20.8 Å². The number of nitrogens with one attached hydrogen (secondary N) is 1. The molecule has 1 N–H and O–H groups in total. The normalized spacial score (nSPS) is 11.7. The van der Waals surface area contributed by atoms with Gasteiger partial charge in [-0.3, -0.25) is 0 Å². The number of rotatable bonds is 6. The van der Waals surface area contributed by atoms with Gasteiger partial charge < -0.3 is 19.5 Å². The Bertz CT molecular complexity index is 634. The van der Waals surface area contributed by atoms with Crippen molar-refractivity contribution >= 4 is 17.6 Å². The Morgan fingerprint density at radius 2 is 1.88 bits per heavy atom. The van der Waals surface area contributed by atoms with Crippen molar-refractivity contribution in [2.24, 2.45) is 5.41 Å². The van der Waals surface area contributed by atoms with Crippen molar-refractivity contribution < 1.29 is 28.2 Å². The molecule has 0 atom stereocenters. The van der Waals surface area contributed by atoms with Crippen molar-refractivity contribution in [3.05, 3.63) is 35.8 Å². The van der Waals surface area contributed by atoms with Crippen molar-refractivity contribution in [2.45, 2.75) is 20.8 Å². The third-order valence-corrected chi connectivity index (χ3v) is 2.75.